The van der Waals surface area contributed by atoms with Crippen LogP contribution in [0.1, 0.15) is 86.0 Å². The van der Waals surface area contributed by atoms with E-state index >= 15 is 0 Å². The molecular formula is C24H40O2. The molecule has 4 aliphatic rings. The van der Waals surface area contributed by atoms with Crippen molar-refractivity contribution in [1.29, 1.82) is 0 Å². The molecule has 0 aliphatic heterocycles. The summed E-state index contributed by atoms with van der Waals surface area (Å²) in [6, 6.07) is 0. The van der Waals surface area contributed by atoms with E-state index in [2.05, 4.69) is 26.8 Å². The number of hydrogen-bond donors (Lipinski definition) is 2. The lowest BCUT2D eigenvalue weighted by Crippen LogP contribution is -2.51. The van der Waals surface area contributed by atoms with E-state index in [1.165, 1.54) is 38.5 Å². The first kappa shape index (κ1) is 19.0. The molecule has 0 amide bonds. The predicted molar refractivity (Wildman–Crippen MR) is 107 cm³/mol. The van der Waals surface area contributed by atoms with E-state index in [-0.39, 0.29) is 6.10 Å². The molecule has 4 rings (SSSR count). The second-order valence-corrected chi connectivity index (χ2v) is 11.3. The fourth-order valence-electron chi connectivity index (χ4n) is 8.00. The minimum absolute atomic E-state index is 0.108. The van der Waals surface area contributed by atoms with Crippen LogP contribution in [-0.2, 0) is 0 Å². The van der Waals surface area contributed by atoms with Crippen molar-refractivity contribution in [1.82, 2.24) is 0 Å². The van der Waals surface area contributed by atoms with E-state index in [9.17, 15) is 10.2 Å². The Bertz CT molecular complexity index is 588. The second kappa shape index (κ2) is 6.08. The van der Waals surface area contributed by atoms with Gasteiger partial charge in [-0.3, -0.25) is 0 Å². The Kier molecular flexibility index (Phi) is 4.44. The van der Waals surface area contributed by atoms with Gasteiger partial charge in [-0.05, 0) is 106 Å². The Morgan fingerprint density at radius 2 is 1.81 bits per heavy atom. The number of rotatable bonds is 2. The van der Waals surface area contributed by atoms with Crippen molar-refractivity contribution in [2.75, 3.05) is 0 Å². The molecule has 0 aromatic carbocycles. The summed E-state index contributed by atoms with van der Waals surface area (Å²) < 4.78 is 0. The van der Waals surface area contributed by atoms with Crippen LogP contribution in [0.25, 0.3) is 0 Å². The molecule has 0 heterocycles. The standard InChI is InChI=1S/C24H40O2/c1-15(22(2,3)26)19-8-9-20-18-7-6-16-14-17(25)10-12-23(16,4)21(18)11-13-24(19,20)5/h6,15,17-21,25-26H,7-14H2,1-5H3. The lowest BCUT2D eigenvalue weighted by atomic mass is 9.46. The zero-order chi connectivity index (χ0) is 18.9. The highest BCUT2D eigenvalue weighted by Crippen LogP contribution is 2.67. The molecule has 0 spiro atoms. The average Bonchev–Trinajstić information content (AvgIpc) is 2.91. The normalized spacial score (nSPS) is 49.7. The summed E-state index contributed by atoms with van der Waals surface area (Å²) >= 11 is 0. The van der Waals surface area contributed by atoms with Crippen LogP contribution in [0.4, 0.5) is 0 Å². The van der Waals surface area contributed by atoms with Crippen LogP contribution < -0.4 is 0 Å². The monoisotopic (exact) mass is 360 g/mol. The minimum atomic E-state index is -0.579. The van der Waals surface area contributed by atoms with E-state index in [1.54, 1.807) is 5.57 Å². The van der Waals surface area contributed by atoms with Crippen LogP contribution in [-0.4, -0.2) is 21.9 Å². The summed E-state index contributed by atoms with van der Waals surface area (Å²) in [6.45, 7) is 11.4. The van der Waals surface area contributed by atoms with Crippen molar-refractivity contribution in [3.63, 3.8) is 0 Å². The number of hydrogen-bond acceptors (Lipinski definition) is 2. The van der Waals surface area contributed by atoms with Gasteiger partial charge in [-0.15, -0.1) is 0 Å². The number of aliphatic hydroxyl groups is 2. The largest absolute Gasteiger partial charge is 0.393 e. The number of fused-ring (bicyclic) bond motifs is 5. The zero-order valence-electron chi connectivity index (χ0n) is 17.6. The van der Waals surface area contributed by atoms with Gasteiger partial charge in [0.15, 0.2) is 0 Å². The van der Waals surface area contributed by atoms with Gasteiger partial charge in [0.1, 0.15) is 0 Å². The minimum Gasteiger partial charge on any atom is -0.393 e. The van der Waals surface area contributed by atoms with Gasteiger partial charge in [-0.2, -0.15) is 0 Å². The summed E-state index contributed by atoms with van der Waals surface area (Å²) in [5, 5.41) is 20.8. The number of allylic oxidation sites excluding steroid dienone is 1. The van der Waals surface area contributed by atoms with Crippen LogP contribution in [0.2, 0.25) is 0 Å². The smallest absolute Gasteiger partial charge is 0.0620 e. The Hall–Kier alpha value is -0.340. The highest BCUT2D eigenvalue weighted by Gasteiger charge is 2.59. The second-order valence-electron chi connectivity index (χ2n) is 11.3. The van der Waals surface area contributed by atoms with Crippen LogP contribution >= 0.6 is 0 Å². The molecule has 0 radical (unpaired) electrons. The van der Waals surface area contributed by atoms with Crippen molar-refractivity contribution >= 4 is 0 Å². The number of aliphatic hydroxyl groups excluding tert-OH is 1. The molecule has 0 aromatic heterocycles. The zero-order valence-corrected chi connectivity index (χ0v) is 17.6. The molecule has 2 nitrogen and oxygen atoms in total. The van der Waals surface area contributed by atoms with Gasteiger partial charge in [-0.1, -0.05) is 32.4 Å². The van der Waals surface area contributed by atoms with Crippen molar-refractivity contribution in [3.05, 3.63) is 11.6 Å². The van der Waals surface area contributed by atoms with Crippen molar-refractivity contribution in [3.8, 4) is 0 Å². The molecule has 8 atom stereocenters. The maximum absolute atomic E-state index is 10.7. The molecule has 0 bridgehead atoms. The highest BCUT2D eigenvalue weighted by atomic mass is 16.3. The Balaban J connectivity index is 1.62. The van der Waals surface area contributed by atoms with E-state index < -0.39 is 5.60 Å². The third kappa shape index (κ3) is 2.65. The van der Waals surface area contributed by atoms with Gasteiger partial charge in [0.05, 0.1) is 11.7 Å². The molecule has 2 N–H and O–H groups in total. The van der Waals surface area contributed by atoms with Crippen molar-refractivity contribution in [2.45, 2.75) is 97.7 Å². The fraction of sp³-hybridized carbons (Fsp3) is 0.917. The Labute approximate surface area is 160 Å². The molecule has 3 saturated carbocycles. The molecule has 4 aliphatic carbocycles. The van der Waals surface area contributed by atoms with Gasteiger partial charge in [0, 0.05) is 0 Å². The molecule has 0 aromatic rings. The van der Waals surface area contributed by atoms with Gasteiger partial charge >= 0.3 is 0 Å². The summed E-state index contributed by atoms with van der Waals surface area (Å²) in [5.74, 6) is 3.46. The lowest BCUT2D eigenvalue weighted by molar-refractivity contribution is -0.0829. The van der Waals surface area contributed by atoms with E-state index in [0.29, 0.717) is 22.7 Å². The van der Waals surface area contributed by atoms with Gasteiger partial charge in [-0.25, -0.2) is 0 Å². The topological polar surface area (TPSA) is 40.5 Å². The maximum Gasteiger partial charge on any atom is 0.0620 e. The van der Waals surface area contributed by atoms with E-state index in [0.717, 1.165) is 30.6 Å². The molecular weight excluding hydrogens is 320 g/mol. The molecule has 2 heteroatoms. The van der Waals surface area contributed by atoms with Crippen LogP contribution in [0.15, 0.2) is 11.6 Å². The highest BCUT2D eigenvalue weighted by molar-refractivity contribution is 5.25. The van der Waals surface area contributed by atoms with Crippen LogP contribution in [0.5, 0.6) is 0 Å². The third-order valence-electron chi connectivity index (χ3n) is 9.87. The van der Waals surface area contributed by atoms with Gasteiger partial charge in [0.2, 0.25) is 0 Å². The van der Waals surface area contributed by atoms with Gasteiger partial charge in [0.25, 0.3) is 0 Å². The fourth-order valence-corrected chi connectivity index (χ4v) is 8.00. The molecule has 26 heavy (non-hydrogen) atoms. The molecule has 8 unspecified atom stereocenters. The summed E-state index contributed by atoms with van der Waals surface area (Å²) in [5.41, 5.74) is 1.73. The predicted octanol–water partition coefficient (Wildman–Crippen LogP) is 5.33. The quantitative estimate of drug-likeness (QED) is 0.653. The first-order valence-corrected chi connectivity index (χ1v) is 11.2. The van der Waals surface area contributed by atoms with Crippen molar-refractivity contribution < 1.29 is 10.2 Å². The Morgan fingerprint density at radius 1 is 1.08 bits per heavy atom. The van der Waals surface area contributed by atoms with Crippen molar-refractivity contribution in [2.24, 2.45) is 40.4 Å². The van der Waals surface area contributed by atoms with E-state index in [4.69, 9.17) is 0 Å². The summed E-state index contributed by atoms with van der Waals surface area (Å²) in [4.78, 5) is 0. The molecule has 3 fully saturated rings. The third-order valence-corrected chi connectivity index (χ3v) is 9.87. The van der Waals surface area contributed by atoms with Crippen LogP contribution in [0, 0.1) is 40.4 Å². The Morgan fingerprint density at radius 3 is 2.50 bits per heavy atom. The average molecular weight is 361 g/mol. The van der Waals surface area contributed by atoms with Gasteiger partial charge < -0.3 is 10.2 Å². The van der Waals surface area contributed by atoms with E-state index in [1.807, 2.05) is 13.8 Å². The first-order chi connectivity index (χ1) is 12.1. The first-order valence-electron chi connectivity index (χ1n) is 11.2. The van der Waals surface area contributed by atoms with Crippen LogP contribution in [0.3, 0.4) is 0 Å². The molecule has 148 valence electrons. The molecule has 0 saturated heterocycles. The lowest BCUT2D eigenvalue weighted by Gasteiger charge is -2.58. The SMILES string of the molecule is CC(C1CCC2C3CC=C4CC(O)CCC4(C)C3CCC21C)C(C)(C)O. The summed E-state index contributed by atoms with van der Waals surface area (Å²) in [7, 11) is 0. The summed E-state index contributed by atoms with van der Waals surface area (Å²) in [6.07, 6.45) is 12.0. The maximum atomic E-state index is 10.7.